The maximum atomic E-state index is 13.4. The SMILES string of the molecule is C=C(C)[C@@H]1CCC(C)=CC1c1c(O)cc(CCCCC)c(C(=O)NCCOCCOCCOCCOCCOCCOCCOC)c1O. The van der Waals surface area contributed by atoms with E-state index in [4.69, 9.17) is 33.2 Å². The van der Waals surface area contributed by atoms with Gasteiger partial charge in [-0.2, -0.15) is 0 Å². The van der Waals surface area contributed by atoms with Gasteiger partial charge in [0.1, 0.15) is 11.5 Å². The van der Waals surface area contributed by atoms with Crippen LogP contribution in [0.2, 0.25) is 0 Å². The van der Waals surface area contributed by atoms with E-state index in [1.807, 2.05) is 6.92 Å². The summed E-state index contributed by atoms with van der Waals surface area (Å²) in [5.41, 5.74) is 3.47. The Labute approximate surface area is 287 Å². The number of ether oxygens (including phenoxy) is 7. The molecule has 11 nitrogen and oxygen atoms in total. The third-order valence-electron chi connectivity index (χ3n) is 8.21. The number of allylic oxidation sites excluding steroid dienone is 3. The van der Waals surface area contributed by atoms with Gasteiger partial charge in [0, 0.05) is 25.1 Å². The van der Waals surface area contributed by atoms with Gasteiger partial charge in [-0.3, -0.25) is 4.79 Å². The topological polar surface area (TPSA) is 134 Å². The highest BCUT2D eigenvalue weighted by Gasteiger charge is 2.33. The molecule has 2 atom stereocenters. The number of carbonyl (C=O) groups is 1. The Hall–Kier alpha value is -2.51. The summed E-state index contributed by atoms with van der Waals surface area (Å²) in [4.78, 5) is 13.4. The molecule has 1 aromatic carbocycles. The van der Waals surface area contributed by atoms with Crippen LogP contribution in [0.4, 0.5) is 0 Å². The number of aryl methyl sites for hydroxylation is 1. The van der Waals surface area contributed by atoms with Crippen molar-refractivity contribution < 1.29 is 48.2 Å². The van der Waals surface area contributed by atoms with Gasteiger partial charge in [-0.25, -0.2) is 0 Å². The number of hydrogen-bond donors (Lipinski definition) is 3. The Morgan fingerprint density at radius 1 is 0.854 bits per heavy atom. The third-order valence-corrected chi connectivity index (χ3v) is 8.21. The summed E-state index contributed by atoms with van der Waals surface area (Å²) >= 11 is 0. The van der Waals surface area contributed by atoms with Crippen LogP contribution in [-0.4, -0.2) is 116 Å². The Balaban J connectivity index is 1.69. The molecule has 11 heteroatoms. The number of benzene rings is 1. The van der Waals surface area contributed by atoms with Crippen LogP contribution in [0.25, 0.3) is 0 Å². The van der Waals surface area contributed by atoms with Crippen molar-refractivity contribution in [1.82, 2.24) is 5.32 Å². The molecular formula is C37H61NO10. The number of rotatable bonds is 28. The predicted octanol–water partition coefficient (Wildman–Crippen LogP) is 5.32. The molecule has 0 fully saturated rings. The van der Waals surface area contributed by atoms with Gasteiger partial charge in [0.2, 0.25) is 0 Å². The van der Waals surface area contributed by atoms with Crippen molar-refractivity contribution in [2.24, 2.45) is 5.92 Å². The molecule has 2 rings (SSSR count). The number of phenols is 2. The standard InChI is InChI=1S/C37H61NO10/c1-6-7-8-9-30-27-33(39)35(32-26-29(4)10-11-31(32)28(2)3)36(40)34(30)37(41)38-12-13-43-16-17-45-20-21-47-24-25-48-23-22-46-19-18-44-15-14-42-5/h26-27,31-32,39-40H,2,6-25H2,1,3-5H3,(H,38,41)/t31-,32?/m0/s1. The molecule has 274 valence electrons. The quantitative estimate of drug-likeness (QED) is 0.0789. The molecule has 0 bridgehead atoms. The molecule has 1 amide bonds. The maximum absolute atomic E-state index is 13.4. The second-order valence-electron chi connectivity index (χ2n) is 12.1. The summed E-state index contributed by atoms with van der Waals surface area (Å²) in [5, 5.41) is 25.5. The number of hydrogen-bond acceptors (Lipinski definition) is 10. The number of nitrogens with one attached hydrogen (secondary N) is 1. The first-order chi connectivity index (χ1) is 23.3. The van der Waals surface area contributed by atoms with E-state index in [-0.39, 0.29) is 41.4 Å². The molecule has 0 spiro atoms. The molecule has 1 aromatic rings. The molecule has 1 unspecified atom stereocenters. The summed E-state index contributed by atoms with van der Waals surface area (Å²) in [6.45, 7) is 16.7. The lowest BCUT2D eigenvalue weighted by Gasteiger charge is -2.32. The highest BCUT2D eigenvalue weighted by molar-refractivity contribution is 5.99. The molecule has 0 heterocycles. The van der Waals surface area contributed by atoms with E-state index in [9.17, 15) is 15.0 Å². The normalized spacial score (nSPS) is 16.2. The maximum Gasteiger partial charge on any atom is 0.255 e. The van der Waals surface area contributed by atoms with Crippen LogP contribution in [0.5, 0.6) is 11.5 Å². The Morgan fingerprint density at radius 3 is 1.88 bits per heavy atom. The van der Waals surface area contributed by atoms with Gasteiger partial charge < -0.3 is 48.7 Å². The molecule has 0 aliphatic heterocycles. The minimum atomic E-state index is -0.375. The summed E-state index contributed by atoms with van der Waals surface area (Å²) in [7, 11) is 1.64. The van der Waals surface area contributed by atoms with Crippen molar-refractivity contribution in [2.45, 2.75) is 65.2 Å². The second kappa shape index (κ2) is 25.5. The lowest BCUT2D eigenvalue weighted by molar-refractivity contribution is -0.0189. The van der Waals surface area contributed by atoms with Crippen molar-refractivity contribution >= 4 is 5.91 Å². The lowest BCUT2D eigenvalue weighted by Crippen LogP contribution is -2.29. The lowest BCUT2D eigenvalue weighted by atomic mass is 9.73. The fourth-order valence-electron chi connectivity index (χ4n) is 5.64. The van der Waals surface area contributed by atoms with Gasteiger partial charge in [0.05, 0.1) is 91.5 Å². The van der Waals surface area contributed by atoms with Crippen molar-refractivity contribution in [3.8, 4) is 11.5 Å². The van der Waals surface area contributed by atoms with E-state index in [0.717, 1.165) is 37.7 Å². The summed E-state index contributed by atoms with van der Waals surface area (Å²) < 4.78 is 37.8. The number of aromatic hydroxyl groups is 2. The number of amides is 1. The zero-order valence-corrected chi connectivity index (χ0v) is 29.8. The average Bonchev–Trinajstić information content (AvgIpc) is 3.05. The Bertz CT molecular complexity index is 1090. The van der Waals surface area contributed by atoms with E-state index < -0.39 is 0 Å². The summed E-state index contributed by atoms with van der Waals surface area (Å²) in [5.74, 6) is -0.670. The molecule has 48 heavy (non-hydrogen) atoms. The van der Waals surface area contributed by atoms with Gasteiger partial charge in [-0.1, -0.05) is 43.6 Å². The molecule has 3 N–H and O–H groups in total. The number of carbonyl (C=O) groups excluding carboxylic acids is 1. The van der Waals surface area contributed by atoms with Crippen LogP contribution in [0, 0.1) is 5.92 Å². The van der Waals surface area contributed by atoms with E-state index >= 15 is 0 Å². The molecule has 0 aromatic heterocycles. The molecule has 1 aliphatic rings. The zero-order chi connectivity index (χ0) is 35.0. The van der Waals surface area contributed by atoms with Crippen LogP contribution in [0.1, 0.15) is 80.3 Å². The highest BCUT2D eigenvalue weighted by Crippen LogP contribution is 2.48. The fraction of sp³-hybridized carbons (Fsp3) is 0.703. The number of unbranched alkanes of at least 4 members (excludes halogenated alkanes) is 2. The zero-order valence-electron chi connectivity index (χ0n) is 29.8. The monoisotopic (exact) mass is 679 g/mol. The minimum Gasteiger partial charge on any atom is -0.507 e. The third kappa shape index (κ3) is 15.8. The van der Waals surface area contributed by atoms with Crippen LogP contribution in [-0.2, 0) is 39.6 Å². The van der Waals surface area contributed by atoms with Crippen molar-refractivity contribution in [3.05, 3.63) is 46.6 Å². The largest absolute Gasteiger partial charge is 0.507 e. The van der Waals surface area contributed by atoms with Crippen molar-refractivity contribution in [3.63, 3.8) is 0 Å². The molecule has 0 saturated carbocycles. The highest BCUT2D eigenvalue weighted by atomic mass is 16.6. The van der Waals surface area contributed by atoms with Crippen LogP contribution in [0.15, 0.2) is 29.9 Å². The first-order valence-corrected chi connectivity index (χ1v) is 17.5. The summed E-state index contributed by atoms with van der Waals surface area (Å²) in [6.07, 6.45) is 7.38. The van der Waals surface area contributed by atoms with Gasteiger partial charge in [0.15, 0.2) is 0 Å². The van der Waals surface area contributed by atoms with E-state index in [1.165, 1.54) is 5.57 Å². The van der Waals surface area contributed by atoms with E-state index in [1.54, 1.807) is 13.2 Å². The van der Waals surface area contributed by atoms with E-state index in [0.29, 0.717) is 103 Å². The van der Waals surface area contributed by atoms with Crippen molar-refractivity contribution in [2.75, 3.05) is 99.5 Å². The number of phenolic OH excluding ortho intramolecular Hbond substituents is 2. The molecule has 1 aliphatic carbocycles. The van der Waals surface area contributed by atoms with Crippen molar-refractivity contribution in [1.29, 1.82) is 0 Å². The first kappa shape index (κ1) is 41.7. The van der Waals surface area contributed by atoms with Gasteiger partial charge >= 0.3 is 0 Å². The molecule has 0 saturated heterocycles. The Morgan fingerprint density at radius 2 is 1.38 bits per heavy atom. The van der Waals surface area contributed by atoms with Gasteiger partial charge in [0.25, 0.3) is 5.91 Å². The average molecular weight is 680 g/mol. The Kier molecular flexibility index (Phi) is 22.1. The smallest absolute Gasteiger partial charge is 0.255 e. The predicted molar refractivity (Wildman–Crippen MR) is 186 cm³/mol. The molecular weight excluding hydrogens is 618 g/mol. The minimum absolute atomic E-state index is 0.0253. The number of methoxy groups -OCH3 is 1. The van der Waals surface area contributed by atoms with Gasteiger partial charge in [-0.05, 0) is 57.1 Å². The summed E-state index contributed by atoms with van der Waals surface area (Å²) in [6, 6.07) is 1.66. The second-order valence-corrected chi connectivity index (χ2v) is 12.1. The first-order valence-electron chi connectivity index (χ1n) is 17.5. The van der Waals surface area contributed by atoms with Crippen LogP contribution >= 0.6 is 0 Å². The van der Waals surface area contributed by atoms with Crippen LogP contribution < -0.4 is 5.32 Å². The van der Waals surface area contributed by atoms with Gasteiger partial charge in [-0.15, -0.1) is 0 Å². The fourth-order valence-corrected chi connectivity index (χ4v) is 5.64. The van der Waals surface area contributed by atoms with E-state index in [2.05, 4.69) is 31.8 Å². The van der Waals surface area contributed by atoms with Crippen LogP contribution in [0.3, 0.4) is 0 Å². The molecule has 0 radical (unpaired) electrons.